The Bertz CT molecular complexity index is 1680. The van der Waals surface area contributed by atoms with Crippen molar-refractivity contribution in [2.45, 2.75) is 20.0 Å². The molecule has 170 valence electrons. The standard InChI is InChI=1S/C31H27N3Si/c1-22-10-9-19-33-31(22)34-28-14-5-4-13-26(28)27-17-16-24(21-29(27)34)23-11-8-12-25(20-23)35(2,3)30-15-6-7-18-32-30/h4-21H,1-3H3. The van der Waals surface area contributed by atoms with Crippen molar-refractivity contribution in [3.8, 4) is 16.9 Å². The number of aromatic nitrogens is 3. The molecular formula is C31H27N3Si. The SMILES string of the molecule is Cc1cccnc1-n1c2ccccc2c2ccc(-c3cccc([Si](C)(C)c4ccccn4)c3)cc21. The summed E-state index contributed by atoms with van der Waals surface area (Å²) in [6.07, 6.45) is 3.78. The summed E-state index contributed by atoms with van der Waals surface area (Å²) in [7, 11) is -1.90. The zero-order valence-corrected chi connectivity index (χ0v) is 21.2. The zero-order valence-electron chi connectivity index (χ0n) is 20.2. The van der Waals surface area contributed by atoms with Crippen molar-refractivity contribution in [2.75, 3.05) is 0 Å². The molecule has 0 N–H and O–H groups in total. The van der Waals surface area contributed by atoms with Crippen LogP contribution in [0.25, 0.3) is 38.8 Å². The molecular weight excluding hydrogens is 442 g/mol. The fourth-order valence-corrected chi connectivity index (χ4v) is 7.29. The lowest BCUT2D eigenvalue weighted by molar-refractivity contribution is 1.05. The molecule has 0 radical (unpaired) electrons. The highest BCUT2D eigenvalue weighted by Gasteiger charge is 2.27. The van der Waals surface area contributed by atoms with E-state index in [1.807, 2.05) is 24.5 Å². The van der Waals surface area contributed by atoms with Crippen molar-refractivity contribution in [3.63, 3.8) is 0 Å². The number of benzene rings is 3. The van der Waals surface area contributed by atoms with E-state index in [2.05, 4.69) is 110 Å². The second-order valence-corrected chi connectivity index (χ2v) is 14.0. The molecule has 3 aromatic carbocycles. The van der Waals surface area contributed by atoms with Gasteiger partial charge in [-0.25, -0.2) is 4.98 Å². The predicted octanol–water partition coefficient (Wildman–Crippen LogP) is 6.37. The molecule has 0 aliphatic carbocycles. The average Bonchev–Trinajstić information content (AvgIpc) is 3.23. The molecule has 0 unspecified atom stereocenters. The van der Waals surface area contributed by atoms with Gasteiger partial charge in [0.2, 0.25) is 0 Å². The Labute approximate surface area is 206 Å². The van der Waals surface area contributed by atoms with E-state index in [1.54, 1.807) is 0 Å². The number of rotatable bonds is 4. The second-order valence-electron chi connectivity index (χ2n) is 9.65. The zero-order chi connectivity index (χ0) is 24.0. The van der Waals surface area contributed by atoms with Crippen LogP contribution in [0.2, 0.25) is 13.1 Å². The van der Waals surface area contributed by atoms with E-state index in [0.29, 0.717) is 0 Å². The van der Waals surface area contributed by atoms with Gasteiger partial charge in [-0.1, -0.05) is 85.0 Å². The van der Waals surface area contributed by atoms with Crippen molar-refractivity contribution >= 4 is 40.4 Å². The first-order valence-electron chi connectivity index (χ1n) is 12.0. The molecule has 0 aliphatic heterocycles. The van der Waals surface area contributed by atoms with E-state index >= 15 is 0 Å². The summed E-state index contributed by atoms with van der Waals surface area (Å²) in [5.41, 5.74) is 5.96. The average molecular weight is 470 g/mol. The predicted molar refractivity (Wildman–Crippen MR) is 150 cm³/mol. The van der Waals surface area contributed by atoms with Crippen LogP contribution >= 0.6 is 0 Å². The molecule has 0 atom stereocenters. The number of hydrogen-bond donors (Lipinski definition) is 0. The topological polar surface area (TPSA) is 30.7 Å². The third-order valence-corrected chi connectivity index (χ3v) is 10.4. The summed E-state index contributed by atoms with van der Waals surface area (Å²) in [5, 5.41) is 5.08. The maximum absolute atomic E-state index is 4.76. The third-order valence-electron chi connectivity index (χ3n) is 7.09. The van der Waals surface area contributed by atoms with Crippen molar-refractivity contribution in [3.05, 3.63) is 115 Å². The van der Waals surface area contributed by atoms with Crippen molar-refractivity contribution < 1.29 is 0 Å². The van der Waals surface area contributed by atoms with Crippen LogP contribution in [0.4, 0.5) is 0 Å². The van der Waals surface area contributed by atoms with Crippen LogP contribution in [0.15, 0.2) is 109 Å². The first-order chi connectivity index (χ1) is 17.0. The lowest BCUT2D eigenvalue weighted by Crippen LogP contribution is -2.54. The minimum Gasteiger partial charge on any atom is -0.294 e. The summed E-state index contributed by atoms with van der Waals surface area (Å²) in [6.45, 7) is 6.87. The summed E-state index contributed by atoms with van der Waals surface area (Å²) >= 11 is 0. The summed E-state index contributed by atoms with van der Waals surface area (Å²) in [4.78, 5) is 9.46. The third kappa shape index (κ3) is 3.58. The van der Waals surface area contributed by atoms with Crippen LogP contribution in [0.3, 0.4) is 0 Å². The van der Waals surface area contributed by atoms with Crippen molar-refractivity contribution in [2.24, 2.45) is 0 Å². The summed E-state index contributed by atoms with van der Waals surface area (Å²) in [5.74, 6) is 0.980. The first kappa shape index (κ1) is 21.5. The molecule has 0 bridgehead atoms. The van der Waals surface area contributed by atoms with E-state index in [1.165, 1.54) is 43.4 Å². The van der Waals surface area contributed by atoms with Gasteiger partial charge in [-0.05, 0) is 53.9 Å². The van der Waals surface area contributed by atoms with Gasteiger partial charge >= 0.3 is 0 Å². The number of hydrogen-bond acceptors (Lipinski definition) is 2. The van der Waals surface area contributed by atoms with Gasteiger partial charge in [-0.2, -0.15) is 0 Å². The van der Waals surface area contributed by atoms with Gasteiger partial charge in [0.25, 0.3) is 0 Å². The molecule has 0 amide bonds. The number of fused-ring (bicyclic) bond motifs is 3. The maximum Gasteiger partial charge on any atom is 0.140 e. The largest absolute Gasteiger partial charge is 0.294 e. The molecule has 3 aromatic heterocycles. The first-order valence-corrected chi connectivity index (χ1v) is 15.0. The van der Waals surface area contributed by atoms with Gasteiger partial charge in [0.15, 0.2) is 0 Å². The molecule has 35 heavy (non-hydrogen) atoms. The highest BCUT2D eigenvalue weighted by atomic mass is 28.3. The molecule has 4 heteroatoms. The van der Waals surface area contributed by atoms with E-state index in [0.717, 1.165) is 11.4 Å². The fourth-order valence-electron chi connectivity index (χ4n) is 5.06. The Balaban J connectivity index is 1.55. The highest BCUT2D eigenvalue weighted by molar-refractivity contribution is 6.99. The summed E-state index contributed by atoms with van der Waals surface area (Å²) in [6, 6.07) is 34.8. The van der Waals surface area contributed by atoms with Gasteiger partial charge in [-0.15, -0.1) is 0 Å². The Morgan fingerprint density at radius 2 is 1.40 bits per heavy atom. The molecule has 0 saturated heterocycles. The molecule has 0 aliphatic rings. The van der Waals surface area contributed by atoms with Gasteiger partial charge in [0.1, 0.15) is 13.9 Å². The molecule has 6 aromatic rings. The highest BCUT2D eigenvalue weighted by Crippen LogP contribution is 2.34. The molecule has 0 spiro atoms. The van der Waals surface area contributed by atoms with E-state index < -0.39 is 8.07 Å². The van der Waals surface area contributed by atoms with Gasteiger partial charge in [0.05, 0.1) is 11.0 Å². The number of aryl methyl sites for hydroxylation is 1. The minimum absolute atomic E-state index is 0.980. The molecule has 3 nitrogen and oxygen atoms in total. The maximum atomic E-state index is 4.76. The van der Waals surface area contributed by atoms with Crippen LogP contribution in [0, 0.1) is 6.92 Å². The van der Waals surface area contributed by atoms with Crippen LogP contribution in [-0.2, 0) is 0 Å². The van der Waals surface area contributed by atoms with E-state index in [4.69, 9.17) is 9.97 Å². The summed E-state index contributed by atoms with van der Waals surface area (Å²) < 4.78 is 2.31. The Hall–Kier alpha value is -4.02. The fraction of sp³-hybridized carbons (Fsp3) is 0.0968. The van der Waals surface area contributed by atoms with Crippen LogP contribution in [-0.4, -0.2) is 22.6 Å². The van der Waals surface area contributed by atoms with Crippen LogP contribution in [0.1, 0.15) is 5.56 Å². The molecule has 6 rings (SSSR count). The number of para-hydroxylation sites is 1. The Morgan fingerprint density at radius 1 is 0.629 bits per heavy atom. The monoisotopic (exact) mass is 469 g/mol. The second kappa shape index (κ2) is 8.33. The minimum atomic E-state index is -1.90. The molecule has 0 saturated carbocycles. The van der Waals surface area contributed by atoms with Gasteiger partial charge in [-0.3, -0.25) is 9.55 Å². The smallest absolute Gasteiger partial charge is 0.140 e. The van der Waals surface area contributed by atoms with Gasteiger partial charge in [0, 0.05) is 28.5 Å². The van der Waals surface area contributed by atoms with Crippen LogP contribution in [0.5, 0.6) is 0 Å². The Kier molecular flexibility index (Phi) is 5.12. The number of nitrogens with zero attached hydrogens (tertiary/aromatic N) is 3. The van der Waals surface area contributed by atoms with Crippen molar-refractivity contribution in [1.82, 2.24) is 14.5 Å². The molecule has 3 heterocycles. The Morgan fingerprint density at radius 3 is 2.23 bits per heavy atom. The van der Waals surface area contributed by atoms with Gasteiger partial charge < -0.3 is 0 Å². The lowest BCUT2D eigenvalue weighted by Gasteiger charge is -2.23. The van der Waals surface area contributed by atoms with Crippen LogP contribution < -0.4 is 10.5 Å². The van der Waals surface area contributed by atoms with Crippen molar-refractivity contribution in [1.29, 1.82) is 0 Å². The van der Waals surface area contributed by atoms with E-state index in [9.17, 15) is 0 Å². The van der Waals surface area contributed by atoms with E-state index in [-0.39, 0.29) is 0 Å². The normalized spacial score (nSPS) is 11.9. The quantitative estimate of drug-likeness (QED) is 0.281. The lowest BCUT2D eigenvalue weighted by atomic mass is 10.0. The number of pyridine rings is 2. The molecule has 0 fully saturated rings.